The topological polar surface area (TPSA) is 118 Å². The van der Waals surface area contributed by atoms with Crippen LogP contribution in [0.4, 0.5) is 19.0 Å². The number of pyridine rings is 1. The quantitative estimate of drug-likeness (QED) is 0.662. The standard InChI is InChI=1S/C23H24F3N7O3/c24-23(25,26)19-15-2-3-16(20(15)29-30-21(19)34)33-9-10-36-17(13-33)22(35)32-7-5-31(6-8-32)18-4-1-14(11-27)12-28-18/h1,4,12,16-17H,2-3,5-10,13H2,(H,30,34)/t16-,17+/m1/s1. The second kappa shape index (κ2) is 9.51. The Labute approximate surface area is 204 Å². The number of ether oxygens (including phenoxy) is 1. The van der Waals surface area contributed by atoms with E-state index in [-0.39, 0.29) is 36.7 Å². The number of H-pyrrole nitrogens is 1. The molecule has 3 aliphatic rings. The maximum Gasteiger partial charge on any atom is 0.422 e. The average molecular weight is 503 g/mol. The summed E-state index contributed by atoms with van der Waals surface area (Å²) in [4.78, 5) is 35.0. The lowest BCUT2D eigenvalue weighted by atomic mass is 10.1. The summed E-state index contributed by atoms with van der Waals surface area (Å²) < 4.78 is 46.2. The molecule has 2 aromatic rings. The highest BCUT2D eigenvalue weighted by atomic mass is 19.4. The van der Waals surface area contributed by atoms with E-state index < -0.39 is 29.4 Å². The molecule has 190 valence electrons. The predicted octanol–water partition coefficient (Wildman–Crippen LogP) is 1.09. The highest BCUT2D eigenvalue weighted by Gasteiger charge is 2.43. The van der Waals surface area contributed by atoms with Gasteiger partial charge >= 0.3 is 6.18 Å². The summed E-state index contributed by atoms with van der Waals surface area (Å²) in [5, 5.41) is 14.9. The third-order valence-electron chi connectivity index (χ3n) is 6.99. The number of carbonyl (C=O) groups excluding carboxylic acids is 1. The number of hydrogen-bond acceptors (Lipinski definition) is 8. The summed E-state index contributed by atoms with van der Waals surface area (Å²) in [6, 6.07) is 5.10. The number of aromatic nitrogens is 3. The molecule has 2 aromatic heterocycles. The Hall–Kier alpha value is -3.50. The molecule has 1 aliphatic carbocycles. The van der Waals surface area contributed by atoms with Crippen LogP contribution in [0, 0.1) is 11.3 Å². The lowest BCUT2D eigenvalue weighted by Crippen LogP contribution is -2.56. The van der Waals surface area contributed by atoms with Crippen LogP contribution < -0.4 is 10.5 Å². The number of rotatable bonds is 3. The molecule has 0 radical (unpaired) electrons. The number of halogens is 3. The molecular weight excluding hydrogens is 479 g/mol. The van der Waals surface area contributed by atoms with E-state index in [1.807, 2.05) is 21.0 Å². The second-order valence-electron chi connectivity index (χ2n) is 9.03. The van der Waals surface area contributed by atoms with Gasteiger partial charge in [0, 0.05) is 45.5 Å². The van der Waals surface area contributed by atoms with Crippen molar-refractivity contribution in [2.75, 3.05) is 50.8 Å². The Morgan fingerprint density at radius 2 is 1.97 bits per heavy atom. The van der Waals surface area contributed by atoms with Crippen LogP contribution in [0.25, 0.3) is 0 Å². The number of hydrogen-bond donors (Lipinski definition) is 1. The molecule has 2 atom stereocenters. The second-order valence-corrected chi connectivity index (χ2v) is 9.03. The van der Waals surface area contributed by atoms with E-state index in [2.05, 4.69) is 10.1 Å². The minimum Gasteiger partial charge on any atom is -0.366 e. The van der Waals surface area contributed by atoms with Crippen LogP contribution in [0.3, 0.4) is 0 Å². The summed E-state index contributed by atoms with van der Waals surface area (Å²) in [6.07, 6.45) is -3.48. The Kier molecular flexibility index (Phi) is 6.40. The maximum atomic E-state index is 13.5. The minimum atomic E-state index is -4.76. The van der Waals surface area contributed by atoms with Crippen molar-refractivity contribution in [2.45, 2.75) is 31.2 Å². The van der Waals surface area contributed by atoms with Crippen molar-refractivity contribution in [3.05, 3.63) is 51.1 Å². The molecule has 0 unspecified atom stereocenters. The largest absolute Gasteiger partial charge is 0.422 e. The lowest BCUT2D eigenvalue weighted by molar-refractivity contribution is -0.151. The van der Waals surface area contributed by atoms with Crippen LogP contribution in [-0.4, -0.2) is 82.9 Å². The zero-order chi connectivity index (χ0) is 25.4. The molecule has 2 aliphatic heterocycles. The number of nitrogens with one attached hydrogen (secondary N) is 1. The van der Waals surface area contributed by atoms with Gasteiger partial charge in [-0.05, 0) is 30.5 Å². The number of amides is 1. The van der Waals surface area contributed by atoms with Crippen molar-refractivity contribution in [3.63, 3.8) is 0 Å². The first-order chi connectivity index (χ1) is 17.3. The number of morpholine rings is 1. The first-order valence-corrected chi connectivity index (χ1v) is 11.7. The molecule has 4 heterocycles. The smallest absolute Gasteiger partial charge is 0.366 e. The molecule has 1 amide bonds. The molecule has 36 heavy (non-hydrogen) atoms. The van der Waals surface area contributed by atoms with Crippen molar-refractivity contribution < 1.29 is 22.7 Å². The van der Waals surface area contributed by atoms with Gasteiger partial charge in [-0.1, -0.05) is 0 Å². The SMILES string of the molecule is N#Cc1ccc(N2CCN(C(=O)[C@@H]3CN([C@@H]4CCc5c4n[nH]c(=O)c5C(F)(F)F)CCO3)CC2)nc1. The molecule has 0 aromatic carbocycles. The van der Waals surface area contributed by atoms with Crippen molar-refractivity contribution in [3.8, 4) is 6.07 Å². The molecule has 0 spiro atoms. The molecule has 0 saturated carbocycles. The van der Waals surface area contributed by atoms with Crippen molar-refractivity contribution in [1.82, 2.24) is 25.0 Å². The third-order valence-corrected chi connectivity index (χ3v) is 6.99. The molecule has 10 nitrogen and oxygen atoms in total. The molecule has 5 rings (SSSR count). The van der Waals surface area contributed by atoms with E-state index in [0.717, 1.165) is 5.82 Å². The number of nitriles is 1. The summed E-state index contributed by atoms with van der Waals surface area (Å²) in [6.45, 7) is 3.07. The number of piperazine rings is 1. The Bertz CT molecular complexity index is 1230. The lowest BCUT2D eigenvalue weighted by Gasteiger charge is -2.40. The first kappa shape index (κ1) is 24.2. The Balaban J connectivity index is 1.23. The number of nitrogens with zero attached hydrogens (tertiary/aromatic N) is 6. The van der Waals surface area contributed by atoms with Crippen LogP contribution >= 0.6 is 0 Å². The number of aromatic amines is 1. The number of alkyl halides is 3. The molecular formula is C23H24F3N7O3. The summed E-state index contributed by atoms with van der Waals surface area (Å²) in [5.74, 6) is 0.584. The van der Waals surface area contributed by atoms with Crippen LogP contribution in [-0.2, 0) is 22.1 Å². The van der Waals surface area contributed by atoms with Crippen molar-refractivity contribution in [1.29, 1.82) is 5.26 Å². The molecule has 13 heteroatoms. The summed E-state index contributed by atoms with van der Waals surface area (Å²) in [7, 11) is 0. The molecule has 1 N–H and O–H groups in total. The highest BCUT2D eigenvalue weighted by Crippen LogP contribution is 2.40. The fraction of sp³-hybridized carbons (Fsp3) is 0.522. The van der Waals surface area contributed by atoms with Gasteiger partial charge in [0.25, 0.3) is 11.5 Å². The average Bonchev–Trinajstić information content (AvgIpc) is 3.31. The van der Waals surface area contributed by atoms with Crippen molar-refractivity contribution >= 4 is 11.7 Å². The van der Waals surface area contributed by atoms with Crippen molar-refractivity contribution in [2.24, 2.45) is 0 Å². The fourth-order valence-corrected chi connectivity index (χ4v) is 5.20. The first-order valence-electron chi connectivity index (χ1n) is 11.7. The van der Waals surface area contributed by atoms with E-state index in [4.69, 9.17) is 10.00 Å². The zero-order valence-corrected chi connectivity index (χ0v) is 19.3. The third kappa shape index (κ3) is 4.54. The van der Waals surface area contributed by atoms with Gasteiger partial charge in [-0.3, -0.25) is 14.5 Å². The monoisotopic (exact) mass is 503 g/mol. The van der Waals surface area contributed by atoms with E-state index in [1.165, 1.54) is 6.20 Å². The van der Waals surface area contributed by atoms with Gasteiger partial charge in [-0.15, -0.1) is 0 Å². The zero-order valence-electron chi connectivity index (χ0n) is 19.3. The predicted molar refractivity (Wildman–Crippen MR) is 120 cm³/mol. The number of fused-ring (bicyclic) bond motifs is 1. The van der Waals surface area contributed by atoms with Gasteiger partial charge < -0.3 is 14.5 Å². The molecule has 0 bridgehead atoms. The van der Waals surface area contributed by atoms with Gasteiger partial charge in [0.2, 0.25) is 0 Å². The van der Waals surface area contributed by atoms with Gasteiger partial charge in [-0.25, -0.2) is 10.1 Å². The van der Waals surface area contributed by atoms with Gasteiger partial charge in [0.15, 0.2) is 0 Å². The van der Waals surface area contributed by atoms with Gasteiger partial charge in [0.05, 0.1) is 23.9 Å². The van der Waals surface area contributed by atoms with Crippen LogP contribution in [0.1, 0.15) is 34.8 Å². The van der Waals surface area contributed by atoms with Crippen LogP contribution in [0.15, 0.2) is 23.1 Å². The fourth-order valence-electron chi connectivity index (χ4n) is 5.20. The van der Waals surface area contributed by atoms with E-state index in [9.17, 15) is 22.8 Å². The summed E-state index contributed by atoms with van der Waals surface area (Å²) >= 11 is 0. The van der Waals surface area contributed by atoms with E-state index in [0.29, 0.717) is 44.7 Å². The Morgan fingerprint density at radius 1 is 1.19 bits per heavy atom. The normalized spacial score (nSPS) is 22.8. The van der Waals surface area contributed by atoms with E-state index >= 15 is 0 Å². The maximum absolute atomic E-state index is 13.5. The molecule has 2 fully saturated rings. The van der Waals surface area contributed by atoms with Crippen LogP contribution in [0.2, 0.25) is 0 Å². The summed E-state index contributed by atoms with van der Waals surface area (Å²) in [5.41, 5.74) is -1.76. The van der Waals surface area contributed by atoms with Gasteiger partial charge in [-0.2, -0.15) is 23.5 Å². The number of anilines is 1. The highest BCUT2D eigenvalue weighted by molar-refractivity contribution is 5.81. The molecule has 2 saturated heterocycles. The number of carbonyl (C=O) groups is 1. The van der Waals surface area contributed by atoms with Gasteiger partial charge in [0.1, 0.15) is 23.6 Å². The van der Waals surface area contributed by atoms with Crippen LogP contribution in [0.5, 0.6) is 0 Å². The Morgan fingerprint density at radius 3 is 2.64 bits per heavy atom. The van der Waals surface area contributed by atoms with E-state index in [1.54, 1.807) is 17.0 Å². The minimum absolute atomic E-state index is 0.0573.